The number of anilines is 1. The number of halogens is 3. The molecule has 0 aliphatic heterocycles. The van der Waals surface area contributed by atoms with Crippen molar-refractivity contribution in [2.24, 2.45) is 0 Å². The van der Waals surface area contributed by atoms with Gasteiger partial charge in [0.25, 0.3) is 0 Å². The maximum Gasteiger partial charge on any atom is 0.416 e. The van der Waals surface area contributed by atoms with E-state index < -0.39 is 11.7 Å². The SMILES string of the molecule is Cc1cc(CC(=O)Nc2cnn(-c3ccc(C(F)(F)F)cc3)c2)n[nH]1. The number of carbonyl (C=O) groups is 1. The van der Waals surface area contributed by atoms with Crippen LogP contribution in [0.2, 0.25) is 0 Å². The minimum atomic E-state index is -4.38. The van der Waals surface area contributed by atoms with Gasteiger partial charge in [0.15, 0.2) is 0 Å². The average Bonchev–Trinajstić information content (AvgIpc) is 3.16. The highest BCUT2D eigenvalue weighted by molar-refractivity contribution is 5.91. The molecule has 2 heterocycles. The van der Waals surface area contributed by atoms with Crippen LogP contribution >= 0.6 is 0 Å². The Morgan fingerprint density at radius 3 is 2.60 bits per heavy atom. The molecule has 0 radical (unpaired) electrons. The number of nitrogens with one attached hydrogen (secondary N) is 2. The Labute approximate surface area is 140 Å². The monoisotopic (exact) mass is 349 g/mol. The lowest BCUT2D eigenvalue weighted by Gasteiger charge is -2.07. The third kappa shape index (κ3) is 4.06. The number of aryl methyl sites for hydroxylation is 1. The zero-order valence-corrected chi connectivity index (χ0v) is 13.1. The van der Waals surface area contributed by atoms with E-state index in [0.29, 0.717) is 17.1 Å². The van der Waals surface area contributed by atoms with Gasteiger partial charge in [-0.1, -0.05) is 0 Å². The summed E-state index contributed by atoms with van der Waals surface area (Å²) in [5, 5.41) is 13.4. The highest BCUT2D eigenvalue weighted by atomic mass is 19.4. The number of hydrogen-bond donors (Lipinski definition) is 2. The zero-order valence-electron chi connectivity index (χ0n) is 13.1. The summed E-state index contributed by atoms with van der Waals surface area (Å²) in [6, 6.07) is 6.36. The van der Waals surface area contributed by atoms with Gasteiger partial charge in [0.2, 0.25) is 5.91 Å². The Morgan fingerprint density at radius 2 is 2.00 bits per heavy atom. The molecule has 0 fully saturated rings. The predicted octanol–water partition coefficient (Wildman–Crippen LogP) is 3.10. The number of rotatable bonds is 4. The number of amides is 1. The van der Waals surface area contributed by atoms with Gasteiger partial charge < -0.3 is 5.32 Å². The second-order valence-corrected chi connectivity index (χ2v) is 5.49. The minimum Gasteiger partial charge on any atom is -0.323 e. The first-order valence-electron chi connectivity index (χ1n) is 7.34. The van der Waals surface area contributed by atoms with Crippen LogP contribution in [-0.2, 0) is 17.4 Å². The Hall–Kier alpha value is -3.10. The molecule has 6 nitrogen and oxygen atoms in total. The topological polar surface area (TPSA) is 75.6 Å². The van der Waals surface area contributed by atoms with Gasteiger partial charge >= 0.3 is 6.18 Å². The van der Waals surface area contributed by atoms with Crippen molar-refractivity contribution in [1.82, 2.24) is 20.0 Å². The van der Waals surface area contributed by atoms with Crippen LogP contribution < -0.4 is 5.32 Å². The Bertz CT molecular complexity index is 880. The van der Waals surface area contributed by atoms with E-state index in [9.17, 15) is 18.0 Å². The number of benzene rings is 1. The van der Waals surface area contributed by atoms with E-state index in [4.69, 9.17) is 0 Å². The summed E-state index contributed by atoms with van der Waals surface area (Å²) in [5.74, 6) is -0.265. The first-order valence-corrected chi connectivity index (χ1v) is 7.34. The van der Waals surface area contributed by atoms with Crippen molar-refractivity contribution in [2.75, 3.05) is 5.32 Å². The van der Waals surface area contributed by atoms with E-state index in [1.54, 1.807) is 6.07 Å². The summed E-state index contributed by atoms with van der Waals surface area (Å²) in [6.07, 6.45) is -1.33. The second-order valence-electron chi connectivity index (χ2n) is 5.49. The molecule has 9 heteroatoms. The summed E-state index contributed by atoms with van der Waals surface area (Å²) < 4.78 is 39.1. The number of aromatic amines is 1. The maximum atomic E-state index is 12.6. The smallest absolute Gasteiger partial charge is 0.323 e. The van der Waals surface area contributed by atoms with Gasteiger partial charge in [-0.25, -0.2) is 4.68 Å². The van der Waals surface area contributed by atoms with Gasteiger partial charge in [0.05, 0.1) is 41.4 Å². The second kappa shape index (κ2) is 6.42. The quantitative estimate of drug-likeness (QED) is 0.760. The van der Waals surface area contributed by atoms with Crippen LogP contribution in [0.1, 0.15) is 17.0 Å². The van der Waals surface area contributed by atoms with Crippen molar-refractivity contribution in [3.05, 3.63) is 59.7 Å². The van der Waals surface area contributed by atoms with Gasteiger partial charge in [-0.05, 0) is 37.3 Å². The van der Waals surface area contributed by atoms with E-state index in [1.807, 2.05) is 6.92 Å². The molecule has 2 aromatic heterocycles. The first kappa shape index (κ1) is 16.7. The fourth-order valence-corrected chi connectivity index (χ4v) is 2.27. The summed E-state index contributed by atoms with van der Waals surface area (Å²) in [6.45, 7) is 1.84. The van der Waals surface area contributed by atoms with Crippen molar-refractivity contribution < 1.29 is 18.0 Å². The number of nitrogens with zero attached hydrogens (tertiary/aromatic N) is 3. The molecule has 1 aromatic carbocycles. The molecular weight excluding hydrogens is 335 g/mol. The van der Waals surface area contributed by atoms with Crippen molar-refractivity contribution in [1.29, 1.82) is 0 Å². The highest BCUT2D eigenvalue weighted by Gasteiger charge is 2.30. The largest absolute Gasteiger partial charge is 0.416 e. The maximum absolute atomic E-state index is 12.6. The molecule has 3 aromatic rings. The molecule has 0 aliphatic carbocycles. The zero-order chi connectivity index (χ0) is 18.0. The van der Waals surface area contributed by atoms with E-state index in [0.717, 1.165) is 17.8 Å². The highest BCUT2D eigenvalue weighted by Crippen LogP contribution is 2.29. The number of aromatic nitrogens is 4. The summed E-state index contributed by atoms with van der Waals surface area (Å²) in [5.41, 5.74) is 1.64. The molecule has 0 saturated carbocycles. The Balaban J connectivity index is 1.66. The van der Waals surface area contributed by atoms with Gasteiger partial charge in [-0.15, -0.1) is 0 Å². The van der Waals surface area contributed by atoms with Crippen LogP contribution in [0.4, 0.5) is 18.9 Å². The molecule has 25 heavy (non-hydrogen) atoms. The van der Waals surface area contributed by atoms with Crippen LogP contribution in [0.3, 0.4) is 0 Å². The Morgan fingerprint density at radius 1 is 1.28 bits per heavy atom. The summed E-state index contributed by atoms with van der Waals surface area (Å²) in [7, 11) is 0. The predicted molar refractivity (Wildman–Crippen MR) is 84.2 cm³/mol. The number of alkyl halides is 3. The van der Waals surface area contributed by atoms with Gasteiger partial charge in [-0.2, -0.15) is 23.4 Å². The number of H-pyrrole nitrogens is 1. The molecule has 2 N–H and O–H groups in total. The van der Waals surface area contributed by atoms with Crippen molar-refractivity contribution in [3.63, 3.8) is 0 Å². The van der Waals surface area contributed by atoms with Gasteiger partial charge in [-0.3, -0.25) is 9.89 Å². The fraction of sp³-hybridized carbons (Fsp3) is 0.188. The molecule has 0 atom stereocenters. The lowest BCUT2D eigenvalue weighted by atomic mass is 10.2. The van der Waals surface area contributed by atoms with Crippen LogP contribution in [-0.4, -0.2) is 25.9 Å². The Kier molecular flexibility index (Phi) is 4.30. The van der Waals surface area contributed by atoms with Crippen molar-refractivity contribution >= 4 is 11.6 Å². The fourth-order valence-electron chi connectivity index (χ4n) is 2.27. The van der Waals surface area contributed by atoms with Gasteiger partial charge in [0.1, 0.15) is 0 Å². The average molecular weight is 349 g/mol. The van der Waals surface area contributed by atoms with E-state index in [-0.39, 0.29) is 12.3 Å². The van der Waals surface area contributed by atoms with E-state index in [2.05, 4.69) is 20.6 Å². The number of carbonyl (C=O) groups excluding carboxylic acids is 1. The standard InChI is InChI=1S/C16H14F3N5O/c1-10-6-12(23-22-10)7-15(25)21-13-8-20-24(9-13)14-4-2-11(3-5-14)16(17,18)19/h2-6,8-9H,7H2,1H3,(H,21,25)(H,22,23). The van der Waals surface area contributed by atoms with Crippen LogP contribution in [0.25, 0.3) is 5.69 Å². The van der Waals surface area contributed by atoms with Crippen molar-refractivity contribution in [2.45, 2.75) is 19.5 Å². The molecule has 0 spiro atoms. The van der Waals surface area contributed by atoms with Gasteiger partial charge in [0, 0.05) is 5.69 Å². The third-order valence-corrected chi connectivity index (χ3v) is 3.43. The minimum absolute atomic E-state index is 0.107. The van der Waals surface area contributed by atoms with Crippen LogP contribution in [0.5, 0.6) is 0 Å². The molecule has 0 bridgehead atoms. The third-order valence-electron chi connectivity index (χ3n) is 3.43. The molecule has 0 saturated heterocycles. The molecular formula is C16H14F3N5O. The normalized spacial score (nSPS) is 11.5. The van der Waals surface area contributed by atoms with E-state index >= 15 is 0 Å². The lowest BCUT2D eigenvalue weighted by Crippen LogP contribution is -2.14. The summed E-state index contributed by atoms with van der Waals surface area (Å²) in [4.78, 5) is 12.0. The number of hydrogen-bond acceptors (Lipinski definition) is 3. The molecule has 0 aliphatic rings. The lowest BCUT2D eigenvalue weighted by molar-refractivity contribution is -0.137. The summed E-state index contributed by atoms with van der Waals surface area (Å²) >= 11 is 0. The van der Waals surface area contributed by atoms with E-state index in [1.165, 1.54) is 29.2 Å². The molecule has 130 valence electrons. The van der Waals surface area contributed by atoms with Crippen molar-refractivity contribution in [3.8, 4) is 5.69 Å². The molecule has 3 rings (SSSR count). The first-order chi connectivity index (χ1) is 11.8. The van der Waals surface area contributed by atoms with Crippen LogP contribution in [0, 0.1) is 6.92 Å². The molecule has 1 amide bonds. The van der Waals surface area contributed by atoms with Crippen LogP contribution in [0.15, 0.2) is 42.7 Å². The molecule has 0 unspecified atom stereocenters.